The summed E-state index contributed by atoms with van der Waals surface area (Å²) in [5.41, 5.74) is 5.99. The van der Waals surface area contributed by atoms with Crippen molar-refractivity contribution in [3.8, 4) is 0 Å². The second kappa shape index (κ2) is 4.94. The van der Waals surface area contributed by atoms with Crippen molar-refractivity contribution in [1.29, 1.82) is 0 Å². The lowest BCUT2D eigenvalue weighted by molar-refractivity contribution is -0.123. The van der Waals surface area contributed by atoms with Gasteiger partial charge in [0, 0.05) is 12.1 Å². The Balaban J connectivity index is 1.81. The summed E-state index contributed by atoms with van der Waals surface area (Å²) < 4.78 is 0. The summed E-state index contributed by atoms with van der Waals surface area (Å²) in [6.45, 7) is 0.967. The monoisotopic (exact) mass is 211 g/mol. The van der Waals surface area contributed by atoms with E-state index in [1.165, 1.54) is 12.8 Å². The van der Waals surface area contributed by atoms with Gasteiger partial charge in [0.15, 0.2) is 0 Å². The highest BCUT2D eigenvalue weighted by atomic mass is 16.2. The van der Waals surface area contributed by atoms with Gasteiger partial charge in [-0.25, -0.2) is 0 Å². The van der Waals surface area contributed by atoms with E-state index in [1.807, 2.05) is 0 Å². The van der Waals surface area contributed by atoms with E-state index < -0.39 is 0 Å². The molecule has 0 unspecified atom stereocenters. The first-order valence-electron chi connectivity index (χ1n) is 6.07. The predicted octanol–water partition coefficient (Wildman–Crippen LogP) is 0.124. The third kappa shape index (κ3) is 2.69. The highest BCUT2D eigenvalue weighted by Gasteiger charge is 2.27. The van der Waals surface area contributed by atoms with Gasteiger partial charge >= 0.3 is 0 Å². The lowest BCUT2D eigenvalue weighted by Crippen LogP contribution is -2.53. The summed E-state index contributed by atoms with van der Waals surface area (Å²) in [6.07, 6.45) is 6.55. The Morgan fingerprint density at radius 3 is 2.67 bits per heavy atom. The Morgan fingerprint density at radius 1 is 1.20 bits per heavy atom. The first kappa shape index (κ1) is 10.9. The van der Waals surface area contributed by atoms with Gasteiger partial charge in [0.1, 0.15) is 0 Å². The van der Waals surface area contributed by atoms with Crippen LogP contribution in [0.25, 0.3) is 0 Å². The van der Waals surface area contributed by atoms with Gasteiger partial charge in [0.2, 0.25) is 5.91 Å². The molecule has 4 N–H and O–H groups in total. The van der Waals surface area contributed by atoms with E-state index in [9.17, 15) is 4.79 Å². The minimum atomic E-state index is 0.0270. The number of nitrogens with one attached hydrogen (secondary N) is 2. The molecule has 86 valence electrons. The quantitative estimate of drug-likeness (QED) is 0.608. The number of nitrogens with two attached hydrogens (primary N) is 1. The van der Waals surface area contributed by atoms with Crippen molar-refractivity contribution in [2.75, 3.05) is 6.54 Å². The molecule has 1 amide bonds. The van der Waals surface area contributed by atoms with Crippen LogP contribution >= 0.6 is 0 Å². The minimum absolute atomic E-state index is 0.0270. The number of hydrogen-bond donors (Lipinski definition) is 3. The molecule has 0 aromatic carbocycles. The molecule has 4 nitrogen and oxygen atoms in total. The van der Waals surface area contributed by atoms with Crippen molar-refractivity contribution >= 4 is 5.91 Å². The van der Waals surface area contributed by atoms with Crippen LogP contribution in [0.3, 0.4) is 0 Å². The van der Waals surface area contributed by atoms with E-state index in [-0.39, 0.29) is 24.0 Å². The zero-order valence-corrected chi connectivity index (χ0v) is 9.17. The summed E-state index contributed by atoms with van der Waals surface area (Å²) in [5.74, 6) is 0.148. The third-order valence-electron chi connectivity index (χ3n) is 3.52. The second-order valence-electron chi connectivity index (χ2n) is 4.71. The van der Waals surface area contributed by atoms with E-state index in [0.717, 1.165) is 32.2 Å². The van der Waals surface area contributed by atoms with Gasteiger partial charge < -0.3 is 16.4 Å². The molecule has 2 fully saturated rings. The van der Waals surface area contributed by atoms with Crippen molar-refractivity contribution in [1.82, 2.24) is 10.6 Å². The summed E-state index contributed by atoms with van der Waals surface area (Å²) >= 11 is 0. The zero-order valence-electron chi connectivity index (χ0n) is 9.17. The van der Waals surface area contributed by atoms with E-state index in [4.69, 9.17) is 5.73 Å². The summed E-state index contributed by atoms with van der Waals surface area (Å²) in [4.78, 5) is 11.8. The SMILES string of the molecule is N[C@H]1CCCC[C@@H]1NC(=O)[C@@H]1CCCN1. The maximum absolute atomic E-state index is 11.8. The smallest absolute Gasteiger partial charge is 0.237 e. The molecule has 0 radical (unpaired) electrons. The van der Waals surface area contributed by atoms with Crippen molar-refractivity contribution in [2.24, 2.45) is 5.73 Å². The molecule has 1 saturated heterocycles. The van der Waals surface area contributed by atoms with Crippen molar-refractivity contribution < 1.29 is 4.79 Å². The van der Waals surface area contributed by atoms with Crippen LogP contribution in [-0.2, 0) is 4.79 Å². The fourth-order valence-electron chi connectivity index (χ4n) is 2.53. The van der Waals surface area contributed by atoms with Crippen LogP contribution in [0.1, 0.15) is 38.5 Å². The molecule has 2 aliphatic rings. The molecule has 2 rings (SSSR count). The van der Waals surface area contributed by atoms with Gasteiger partial charge in [-0.1, -0.05) is 12.8 Å². The highest BCUT2D eigenvalue weighted by Crippen LogP contribution is 2.17. The molecule has 0 spiro atoms. The maximum atomic E-state index is 11.8. The van der Waals surface area contributed by atoms with Crippen molar-refractivity contribution in [3.05, 3.63) is 0 Å². The molecule has 1 aliphatic heterocycles. The fraction of sp³-hybridized carbons (Fsp3) is 0.909. The van der Waals surface area contributed by atoms with E-state index in [0.29, 0.717) is 0 Å². The molecular weight excluding hydrogens is 190 g/mol. The second-order valence-corrected chi connectivity index (χ2v) is 4.71. The summed E-state index contributed by atoms with van der Waals surface area (Å²) in [7, 11) is 0. The fourth-order valence-corrected chi connectivity index (χ4v) is 2.53. The van der Waals surface area contributed by atoms with Gasteiger partial charge in [0.25, 0.3) is 0 Å². The van der Waals surface area contributed by atoms with Crippen LogP contribution in [0.5, 0.6) is 0 Å². The molecule has 4 heteroatoms. The lowest BCUT2D eigenvalue weighted by atomic mass is 9.91. The number of carbonyl (C=O) groups excluding carboxylic acids is 1. The topological polar surface area (TPSA) is 67.1 Å². The predicted molar refractivity (Wildman–Crippen MR) is 59.4 cm³/mol. The van der Waals surface area contributed by atoms with Crippen LogP contribution < -0.4 is 16.4 Å². The molecule has 1 saturated carbocycles. The lowest BCUT2D eigenvalue weighted by Gasteiger charge is -2.30. The molecule has 0 bridgehead atoms. The van der Waals surface area contributed by atoms with Crippen LogP contribution in [0.4, 0.5) is 0 Å². The summed E-state index contributed by atoms with van der Waals surface area (Å²) in [6, 6.07) is 0.386. The molecule has 1 heterocycles. The van der Waals surface area contributed by atoms with Gasteiger partial charge in [-0.2, -0.15) is 0 Å². The van der Waals surface area contributed by atoms with Crippen molar-refractivity contribution in [3.63, 3.8) is 0 Å². The Kier molecular flexibility index (Phi) is 3.59. The van der Waals surface area contributed by atoms with Crippen LogP contribution in [-0.4, -0.2) is 30.6 Å². The van der Waals surface area contributed by atoms with Crippen molar-refractivity contribution in [2.45, 2.75) is 56.7 Å². The highest BCUT2D eigenvalue weighted by molar-refractivity contribution is 5.82. The van der Waals surface area contributed by atoms with Gasteiger partial charge in [-0.3, -0.25) is 4.79 Å². The van der Waals surface area contributed by atoms with Gasteiger partial charge in [-0.05, 0) is 32.2 Å². The average molecular weight is 211 g/mol. The normalized spacial score (nSPS) is 36.5. The molecular formula is C11H21N3O. The number of hydrogen-bond acceptors (Lipinski definition) is 3. The van der Waals surface area contributed by atoms with E-state index in [2.05, 4.69) is 10.6 Å². The Hall–Kier alpha value is -0.610. The Labute approximate surface area is 91.0 Å². The Morgan fingerprint density at radius 2 is 2.00 bits per heavy atom. The molecule has 1 aliphatic carbocycles. The molecule has 15 heavy (non-hydrogen) atoms. The molecule has 3 atom stereocenters. The number of rotatable bonds is 2. The number of amides is 1. The molecule has 0 aromatic rings. The minimum Gasteiger partial charge on any atom is -0.350 e. The van der Waals surface area contributed by atoms with Crippen LogP contribution in [0, 0.1) is 0 Å². The first-order chi connectivity index (χ1) is 7.27. The Bertz CT molecular complexity index is 226. The van der Waals surface area contributed by atoms with Crippen LogP contribution in [0.15, 0.2) is 0 Å². The van der Waals surface area contributed by atoms with Gasteiger partial charge in [0.05, 0.1) is 6.04 Å². The van der Waals surface area contributed by atoms with E-state index >= 15 is 0 Å². The third-order valence-corrected chi connectivity index (χ3v) is 3.52. The van der Waals surface area contributed by atoms with Gasteiger partial charge in [-0.15, -0.1) is 0 Å². The first-order valence-corrected chi connectivity index (χ1v) is 6.07. The van der Waals surface area contributed by atoms with E-state index in [1.54, 1.807) is 0 Å². The number of carbonyl (C=O) groups is 1. The summed E-state index contributed by atoms with van der Waals surface area (Å²) in [5, 5.41) is 6.29. The standard InChI is InChI=1S/C11H21N3O/c12-8-4-1-2-5-9(8)14-11(15)10-6-3-7-13-10/h8-10,13H,1-7,12H2,(H,14,15)/t8-,9-,10-/m0/s1. The zero-order chi connectivity index (χ0) is 10.7. The molecule has 0 aromatic heterocycles. The maximum Gasteiger partial charge on any atom is 0.237 e. The average Bonchev–Trinajstić information content (AvgIpc) is 2.74. The van der Waals surface area contributed by atoms with Crippen LogP contribution in [0.2, 0.25) is 0 Å². The largest absolute Gasteiger partial charge is 0.350 e.